The second-order valence-electron chi connectivity index (χ2n) is 6.59. The Bertz CT molecular complexity index is 890. The summed E-state index contributed by atoms with van der Waals surface area (Å²) in [5, 5.41) is 4.44. The van der Waals surface area contributed by atoms with Gasteiger partial charge in [-0.25, -0.2) is 0 Å². The van der Waals surface area contributed by atoms with Gasteiger partial charge in [0.1, 0.15) is 6.04 Å². The molecule has 2 atom stereocenters. The summed E-state index contributed by atoms with van der Waals surface area (Å²) in [7, 11) is 0. The molecule has 0 bridgehead atoms. The molecular weight excluding hydrogens is 340 g/mol. The molecule has 2 nitrogen and oxygen atoms in total. The summed E-state index contributed by atoms with van der Waals surface area (Å²) < 4.78 is 0. The van der Waals surface area contributed by atoms with Gasteiger partial charge in [-0.05, 0) is 35.2 Å². The first-order chi connectivity index (χ1) is 12.8. The molecule has 1 aliphatic rings. The van der Waals surface area contributed by atoms with Crippen LogP contribution in [0, 0.1) is 0 Å². The zero-order chi connectivity index (χ0) is 17.8. The highest BCUT2D eigenvalue weighted by atomic mass is 35.5. The average Bonchev–Trinajstić information content (AvgIpc) is 3.12. The molecule has 0 aliphatic carbocycles. The third-order valence-electron chi connectivity index (χ3n) is 4.77. The summed E-state index contributed by atoms with van der Waals surface area (Å²) in [6.45, 7) is 0. The summed E-state index contributed by atoms with van der Waals surface area (Å²) in [4.78, 5) is 5.03. The van der Waals surface area contributed by atoms with Crippen LogP contribution in [-0.4, -0.2) is 5.84 Å². The van der Waals surface area contributed by atoms with Crippen LogP contribution in [0.3, 0.4) is 0 Å². The Morgan fingerprint density at radius 2 is 1.46 bits per heavy atom. The van der Waals surface area contributed by atoms with E-state index in [0.717, 1.165) is 23.7 Å². The quantitative estimate of drug-likeness (QED) is 0.614. The fourth-order valence-corrected chi connectivity index (χ4v) is 3.69. The van der Waals surface area contributed by atoms with E-state index < -0.39 is 0 Å². The van der Waals surface area contributed by atoms with Crippen LogP contribution in [0.15, 0.2) is 89.9 Å². The van der Waals surface area contributed by atoms with Gasteiger partial charge in [-0.3, -0.25) is 4.99 Å². The first-order valence-corrected chi connectivity index (χ1v) is 9.35. The molecule has 1 heterocycles. The van der Waals surface area contributed by atoms with Crippen LogP contribution in [-0.2, 0) is 6.42 Å². The van der Waals surface area contributed by atoms with Gasteiger partial charge in [-0.2, -0.15) is 0 Å². The Hall–Kier alpha value is -2.58. The molecule has 0 fully saturated rings. The van der Waals surface area contributed by atoms with Gasteiger partial charge in [0.05, 0.1) is 11.9 Å². The molecule has 26 heavy (non-hydrogen) atoms. The van der Waals surface area contributed by atoms with Crippen LogP contribution in [0.1, 0.15) is 35.2 Å². The minimum atomic E-state index is 0.105. The third-order valence-corrected chi connectivity index (χ3v) is 5.01. The molecule has 0 saturated carbocycles. The molecule has 0 radical (unpaired) electrons. The van der Waals surface area contributed by atoms with Crippen molar-refractivity contribution in [3.8, 4) is 0 Å². The number of aryl methyl sites for hydroxylation is 1. The van der Waals surface area contributed by atoms with Gasteiger partial charge in [0.25, 0.3) is 0 Å². The van der Waals surface area contributed by atoms with Crippen LogP contribution in [0.5, 0.6) is 0 Å². The van der Waals surface area contributed by atoms with E-state index in [9.17, 15) is 0 Å². The van der Waals surface area contributed by atoms with Crippen molar-refractivity contribution in [2.24, 2.45) is 4.99 Å². The zero-order valence-electron chi connectivity index (χ0n) is 14.5. The lowest BCUT2D eigenvalue weighted by Gasteiger charge is -2.19. The number of benzene rings is 3. The van der Waals surface area contributed by atoms with E-state index in [-0.39, 0.29) is 12.1 Å². The number of rotatable bonds is 5. The van der Waals surface area contributed by atoms with Crippen LogP contribution < -0.4 is 5.32 Å². The Morgan fingerprint density at radius 1 is 0.769 bits per heavy atom. The van der Waals surface area contributed by atoms with Crippen molar-refractivity contribution in [1.82, 2.24) is 5.32 Å². The lowest BCUT2D eigenvalue weighted by Crippen LogP contribution is -2.24. The van der Waals surface area contributed by atoms with Gasteiger partial charge >= 0.3 is 0 Å². The monoisotopic (exact) mass is 360 g/mol. The lowest BCUT2D eigenvalue weighted by molar-refractivity contribution is 0.571. The van der Waals surface area contributed by atoms with Crippen LogP contribution in [0.2, 0.25) is 5.02 Å². The molecule has 0 spiro atoms. The van der Waals surface area contributed by atoms with Gasteiger partial charge in [0.2, 0.25) is 0 Å². The van der Waals surface area contributed by atoms with E-state index in [1.54, 1.807) is 0 Å². The highest BCUT2D eigenvalue weighted by Crippen LogP contribution is 2.36. The van der Waals surface area contributed by atoms with Crippen molar-refractivity contribution >= 4 is 17.4 Å². The molecular formula is C23H21ClN2. The number of hydrogen-bond donors (Lipinski definition) is 1. The highest BCUT2D eigenvalue weighted by molar-refractivity contribution is 6.30. The molecule has 0 amide bonds. The van der Waals surface area contributed by atoms with Gasteiger partial charge in [-0.1, -0.05) is 84.4 Å². The lowest BCUT2D eigenvalue weighted by atomic mass is 9.95. The molecule has 1 aliphatic heterocycles. The second kappa shape index (κ2) is 7.76. The fraction of sp³-hybridized carbons (Fsp3) is 0.174. The van der Waals surface area contributed by atoms with E-state index in [4.69, 9.17) is 16.6 Å². The number of aliphatic imine (C=N–C) groups is 1. The maximum absolute atomic E-state index is 6.10. The fourth-order valence-electron chi connectivity index (χ4n) is 3.47. The SMILES string of the molecule is Clc1cccc(CCC2=N[C@@H](c3ccccc3)[C@@H](c3ccccc3)N2)c1. The van der Waals surface area contributed by atoms with Crippen LogP contribution in [0.4, 0.5) is 0 Å². The van der Waals surface area contributed by atoms with Gasteiger partial charge in [0.15, 0.2) is 0 Å². The van der Waals surface area contributed by atoms with Gasteiger partial charge in [0, 0.05) is 11.4 Å². The molecule has 0 aromatic heterocycles. The van der Waals surface area contributed by atoms with Crippen molar-refractivity contribution in [2.75, 3.05) is 0 Å². The first-order valence-electron chi connectivity index (χ1n) is 8.97. The van der Waals surface area contributed by atoms with Gasteiger partial charge < -0.3 is 5.32 Å². The first kappa shape index (κ1) is 16.9. The third kappa shape index (κ3) is 3.81. The molecule has 3 heteroatoms. The zero-order valence-corrected chi connectivity index (χ0v) is 15.2. The topological polar surface area (TPSA) is 24.4 Å². The van der Waals surface area contributed by atoms with Crippen molar-refractivity contribution < 1.29 is 0 Å². The summed E-state index contributed by atoms with van der Waals surface area (Å²) in [6.07, 6.45) is 1.81. The normalized spacial score (nSPS) is 19.0. The van der Waals surface area contributed by atoms with E-state index in [0.29, 0.717) is 0 Å². The smallest absolute Gasteiger partial charge is 0.101 e. The molecule has 4 rings (SSSR count). The van der Waals surface area contributed by atoms with E-state index >= 15 is 0 Å². The maximum atomic E-state index is 6.10. The molecule has 3 aromatic carbocycles. The molecule has 0 saturated heterocycles. The Kier molecular flexibility index (Phi) is 5.03. The number of nitrogens with one attached hydrogen (secondary N) is 1. The summed E-state index contributed by atoms with van der Waals surface area (Å²) in [5.41, 5.74) is 3.75. The predicted molar refractivity (Wildman–Crippen MR) is 109 cm³/mol. The maximum Gasteiger partial charge on any atom is 0.101 e. The Balaban J connectivity index is 1.56. The Morgan fingerprint density at radius 3 is 2.15 bits per heavy atom. The summed E-state index contributed by atoms with van der Waals surface area (Å²) >= 11 is 6.10. The summed E-state index contributed by atoms with van der Waals surface area (Å²) in [6, 6.07) is 29.4. The van der Waals surface area contributed by atoms with Crippen molar-refractivity contribution in [1.29, 1.82) is 0 Å². The van der Waals surface area contributed by atoms with Crippen molar-refractivity contribution in [3.63, 3.8) is 0 Å². The highest BCUT2D eigenvalue weighted by Gasteiger charge is 2.30. The number of halogens is 1. The molecule has 0 unspecified atom stereocenters. The standard InChI is InChI=1S/C23H21ClN2/c24-20-13-7-8-17(16-20)14-15-21-25-22(18-9-3-1-4-10-18)23(26-21)19-11-5-2-6-12-19/h1-13,16,22-23H,14-15H2,(H,25,26)/t22-,23+. The Labute approximate surface area is 159 Å². The van der Waals surface area contributed by atoms with Crippen molar-refractivity contribution in [3.05, 3.63) is 107 Å². The number of amidine groups is 1. The number of hydrogen-bond acceptors (Lipinski definition) is 2. The van der Waals surface area contributed by atoms with E-state index in [1.807, 2.05) is 24.3 Å². The molecule has 3 aromatic rings. The minimum Gasteiger partial charge on any atom is -0.364 e. The minimum absolute atomic E-state index is 0.105. The van der Waals surface area contributed by atoms with E-state index in [1.165, 1.54) is 16.7 Å². The van der Waals surface area contributed by atoms with E-state index in [2.05, 4.69) is 66.0 Å². The van der Waals surface area contributed by atoms with Crippen LogP contribution >= 0.6 is 11.6 Å². The van der Waals surface area contributed by atoms with Crippen molar-refractivity contribution in [2.45, 2.75) is 24.9 Å². The summed E-state index contributed by atoms with van der Waals surface area (Å²) in [5.74, 6) is 1.06. The van der Waals surface area contributed by atoms with Gasteiger partial charge in [-0.15, -0.1) is 0 Å². The average molecular weight is 361 g/mol. The number of nitrogens with zero attached hydrogens (tertiary/aromatic N) is 1. The predicted octanol–water partition coefficient (Wildman–Crippen LogP) is 5.76. The largest absolute Gasteiger partial charge is 0.364 e. The second-order valence-corrected chi connectivity index (χ2v) is 7.03. The molecule has 1 N–H and O–H groups in total. The molecule has 130 valence electrons. The van der Waals surface area contributed by atoms with Crippen LogP contribution in [0.25, 0.3) is 0 Å².